The summed E-state index contributed by atoms with van der Waals surface area (Å²) < 4.78 is 24.7. The first-order valence-corrected chi connectivity index (χ1v) is 11.3. The molecular formula is C24H20BrFN4O6. The maximum Gasteiger partial charge on any atom is 0.271 e. The molecule has 0 fully saturated rings. The molecule has 36 heavy (non-hydrogen) atoms. The third-order valence-electron chi connectivity index (χ3n) is 4.53. The Hall–Kier alpha value is -4.32. The number of carbonyl (C=O) groups excluding carboxylic acids is 2. The first kappa shape index (κ1) is 26.3. The van der Waals surface area contributed by atoms with Gasteiger partial charge in [-0.05, 0) is 76.9 Å². The Morgan fingerprint density at radius 3 is 2.44 bits per heavy atom. The summed E-state index contributed by atoms with van der Waals surface area (Å²) in [5.74, 6) is -0.778. The number of hydrazone groups is 1. The van der Waals surface area contributed by atoms with Crippen LogP contribution in [0.4, 0.5) is 15.8 Å². The van der Waals surface area contributed by atoms with E-state index in [0.29, 0.717) is 28.1 Å². The second kappa shape index (κ2) is 12.4. The average Bonchev–Trinajstić information content (AvgIpc) is 2.85. The third-order valence-corrected chi connectivity index (χ3v) is 5.12. The van der Waals surface area contributed by atoms with Gasteiger partial charge in [0.2, 0.25) is 0 Å². The van der Waals surface area contributed by atoms with E-state index in [-0.39, 0.29) is 23.6 Å². The number of rotatable bonds is 10. The fourth-order valence-electron chi connectivity index (χ4n) is 2.90. The highest BCUT2D eigenvalue weighted by atomic mass is 79.9. The highest BCUT2D eigenvalue weighted by molar-refractivity contribution is 9.10. The highest BCUT2D eigenvalue weighted by Gasteiger charge is 2.14. The molecule has 0 aliphatic rings. The number of nitrogens with one attached hydrogen (secondary N) is 2. The summed E-state index contributed by atoms with van der Waals surface area (Å²) in [5.41, 5.74) is 3.40. The number of amides is 2. The van der Waals surface area contributed by atoms with E-state index in [2.05, 4.69) is 31.8 Å². The van der Waals surface area contributed by atoms with Crippen molar-refractivity contribution in [2.45, 2.75) is 6.92 Å². The number of hydrogen-bond acceptors (Lipinski definition) is 7. The number of nitrogens with zero attached hydrogens (tertiary/aromatic N) is 2. The molecule has 0 saturated carbocycles. The van der Waals surface area contributed by atoms with Crippen LogP contribution in [0.1, 0.15) is 22.8 Å². The first-order chi connectivity index (χ1) is 17.3. The summed E-state index contributed by atoms with van der Waals surface area (Å²) >= 11 is 3.39. The monoisotopic (exact) mass is 558 g/mol. The molecule has 3 aromatic rings. The number of benzene rings is 3. The van der Waals surface area contributed by atoms with E-state index in [4.69, 9.17) is 9.47 Å². The molecule has 2 amide bonds. The van der Waals surface area contributed by atoms with Gasteiger partial charge in [-0.3, -0.25) is 19.7 Å². The normalized spacial score (nSPS) is 10.6. The van der Waals surface area contributed by atoms with Crippen molar-refractivity contribution in [1.82, 2.24) is 5.43 Å². The Kier molecular flexibility index (Phi) is 9.06. The van der Waals surface area contributed by atoms with Crippen LogP contribution >= 0.6 is 15.9 Å². The highest BCUT2D eigenvalue weighted by Crippen LogP contribution is 2.36. The number of anilines is 1. The second-order valence-corrected chi connectivity index (χ2v) is 7.96. The van der Waals surface area contributed by atoms with E-state index in [1.54, 1.807) is 19.1 Å². The van der Waals surface area contributed by atoms with Crippen molar-refractivity contribution in [3.8, 4) is 11.5 Å². The lowest BCUT2D eigenvalue weighted by molar-refractivity contribution is -0.384. The SMILES string of the molecule is CCOc1cc(/C=N/NC(=O)c2ccc([N+](=O)[O-])cc2)cc(Br)c1OCC(=O)Nc1ccc(F)cc1. The van der Waals surface area contributed by atoms with Gasteiger partial charge in [0.05, 0.1) is 22.2 Å². The number of ether oxygens (including phenoxy) is 2. The van der Waals surface area contributed by atoms with Gasteiger partial charge in [-0.25, -0.2) is 9.82 Å². The Morgan fingerprint density at radius 2 is 1.81 bits per heavy atom. The summed E-state index contributed by atoms with van der Waals surface area (Å²) in [4.78, 5) is 34.6. The molecule has 0 bridgehead atoms. The first-order valence-electron chi connectivity index (χ1n) is 10.5. The summed E-state index contributed by atoms with van der Waals surface area (Å²) in [6.45, 7) is 1.78. The molecule has 10 nitrogen and oxygen atoms in total. The average molecular weight is 559 g/mol. The van der Waals surface area contributed by atoms with Crippen LogP contribution in [0.3, 0.4) is 0 Å². The minimum Gasteiger partial charge on any atom is -0.490 e. The van der Waals surface area contributed by atoms with Crippen molar-refractivity contribution in [3.05, 3.63) is 92.2 Å². The van der Waals surface area contributed by atoms with Crippen LogP contribution in [0, 0.1) is 15.9 Å². The lowest BCUT2D eigenvalue weighted by Gasteiger charge is -2.14. The molecule has 0 aromatic heterocycles. The zero-order valence-corrected chi connectivity index (χ0v) is 20.5. The molecule has 0 saturated heterocycles. The molecule has 0 aliphatic carbocycles. The van der Waals surface area contributed by atoms with Gasteiger partial charge in [0, 0.05) is 23.4 Å². The van der Waals surface area contributed by atoms with E-state index in [1.807, 2.05) is 0 Å². The maximum atomic E-state index is 13.0. The number of nitro benzene ring substituents is 1. The van der Waals surface area contributed by atoms with Crippen molar-refractivity contribution >= 4 is 45.3 Å². The third kappa shape index (κ3) is 7.34. The smallest absolute Gasteiger partial charge is 0.271 e. The van der Waals surface area contributed by atoms with Crippen molar-refractivity contribution in [1.29, 1.82) is 0 Å². The van der Waals surface area contributed by atoms with E-state index < -0.39 is 22.6 Å². The van der Waals surface area contributed by atoms with Crippen molar-refractivity contribution in [2.24, 2.45) is 5.10 Å². The molecule has 0 spiro atoms. The molecule has 0 radical (unpaired) electrons. The Labute approximate surface area is 213 Å². The van der Waals surface area contributed by atoms with Crippen LogP contribution in [0.25, 0.3) is 0 Å². The molecular weight excluding hydrogens is 539 g/mol. The van der Waals surface area contributed by atoms with E-state index in [0.717, 1.165) is 0 Å². The van der Waals surface area contributed by atoms with Gasteiger partial charge in [-0.15, -0.1) is 0 Å². The fraction of sp³-hybridized carbons (Fsp3) is 0.125. The van der Waals surface area contributed by atoms with Crippen molar-refractivity contribution in [3.63, 3.8) is 0 Å². The van der Waals surface area contributed by atoms with Gasteiger partial charge in [-0.1, -0.05) is 0 Å². The number of nitro groups is 1. The Morgan fingerprint density at radius 1 is 1.11 bits per heavy atom. The van der Waals surface area contributed by atoms with Crippen LogP contribution in [0.2, 0.25) is 0 Å². The van der Waals surface area contributed by atoms with E-state index in [1.165, 1.54) is 54.7 Å². The number of non-ortho nitro benzene ring substituents is 1. The molecule has 186 valence electrons. The van der Waals surface area contributed by atoms with Crippen molar-refractivity contribution < 1.29 is 28.4 Å². The van der Waals surface area contributed by atoms with E-state index in [9.17, 15) is 24.1 Å². The molecule has 12 heteroatoms. The quantitative estimate of drug-likeness (QED) is 0.211. The zero-order chi connectivity index (χ0) is 26.1. The summed E-state index contributed by atoms with van der Waals surface area (Å²) in [7, 11) is 0. The van der Waals surface area contributed by atoms with E-state index >= 15 is 0 Å². The minimum atomic E-state index is -0.557. The summed E-state index contributed by atoms with van der Waals surface area (Å²) in [6.07, 6.45) is 1.38. The van der Waals surface area contributed by atoms with Gasteiger partial charge < -0.3 is 14.8 Å². The molecule has 0 unspecified atom stereocenters. The largest absolute Gasteiger partial charge is 0.490 e. The lowest BCUT2D eigenvalue weighted by Crippen LogP contribution is -2.20. The number of carbonyl (C=O) groups is 2. The zero-order valence-electron chi connectivity index (χ0n) is 18.9. The fourth-order valence-corrected chi connectivity index (χ4v) is 3.47. The van der Waals surface area contributed by atoms with Crippen LogP contribution in [0.5, 0.6) is 11.5 Å². The van der Waals surface area contributed by atoms with Gasteiger partial charge in [0.25, 0.3) is 17.5 Å². The summed E-state index contributed by atoms with van der Waals surface area (Å²) in [6, 6.07) is 13.7. The molecule has 0 aliphatic heterocycles. The Balaban J connectivity index is 1.64. The van der Waals surface area contributed by atoms with Gasteiger partial charge >= 0.3 is 0 Å². The van der Waals surface area contributed by atoms with Gasteiger partial charge in [0.15, 0.2) is 18.1 Å². The topological polar surface area (TPSA) is 132 Å². The van der Waals surface area contributed by atoms with Crippen LogP contribution in [-0.2, 0) is 4.79 Å². The molecule has 0 atom stereocenters. The van der Waals surface area contributed by atoms with Gasteiger partial charge in [0.1, 0.15) is 5.82 Å². The Bertz CT molecular complexity index is 1280. The number of hydrogen-bond donors (Lipinski definition) is 2. The minimum absolute atomic E-state index is 0.126. The molecule has 3 aromatic carbocycles. The molecule has 3 rings (SSSR count). The van der Waals surface area contributed by atoms with Gasteiger partial charge in [-0.2, -0.15) is 5.10 Å². The standard InChI is InChI=1S/C24H20BrFN4O6/c1-2-35-21-12-15(13-27-29-24(32)16-3-9-19(10-4-16)30(33)34)11-20(25)23(21)36-14-22(31)28-18-7-5-17(26)6-8-18/h3-13H,2,14H2,1H3,(H,28,31)(H,29,32)/b27-13+. The summed E-state index contributed by atoms with van der Waals surface area (Å²) in [5, 5.41) is 17.2. The maximum absolute atomic E-state index is 13.0. The number of halogens is 2. The van der Waals surface area contributed by atoms with Crippen LogP contribution in [-0.4, -0.2) is 36.2 Å². The molecule has 0 heterocycles. The second-order valence-electron chi connectivity index (χ2n) is 7.11. The van der Waals surface area contributed by atoms with Crippen molar-refractivity contribution in [2.75, 3.05) is 18.5 Å². The molecule has 2 N–H and O–H groups in total. The van der Waals surface area contributed by atoms with Crippen LogP contribution in [0.15, 0.2) is 70.2 Å². The lowest BCUT2D eigenvalue weighted by atomic mass is 10.2. The predicted octanol–water partition coefficient (Wildman–Crippen LogP) is 4.68. The van der Waals surface area contributed by atoms with Crippen LogP contribution < -0.4 is 20.2 Å². The predicted molar refractivity (Wildman–Crippen MR) is 134 cm³/mol.